The lowest BCUT2D eigenvalue weighted by Crippen LogP contribution is -2.11. The summed E-state index contributed by atoms with van der Waals surface area (Å²) >= 11 is 0. The molecule has 3 aromatic carbocycles. The Morgan fingerprint density at radius 1 is 0.923 bits per heavy atom. The van der Waals surface area contributed by atoms with E-state index in [9.17, 15) is 4.79 Å². The first kappa shape index (κ1) is 16.1. The van der Waals surface area contributed by atoms with Crippen LogP contribution in [0.4, 0.5) is 5.69 Å². The largest absolute Gasteiger partial charge is 0.436 e. The molecule has 4 heteroatoms. The number of benzene rings is 3. The summed E-state index contributed by atoms with van der Waals surface area (Å²) in [6.45, 7) is 4.02. The van der Waals surface area contributed by atoms with Gasteiger partial charge < -0.3 is 9.73 Å². The lowest BCUT2D eigenvalue weighted by atomic mass is 10.1. The monoisotopic (exact) mass is 342 g/mol. The number of fused-ring (bicyclic) bond motifs is 1. The van der Waals surface area contributed by atoms with Gasteiger partial charge in [-0.05, 0) is 56.3 Å². The quantitative estimate of drug-likeness (QED) is 0.545. The first-order valence-electron chi connectivity index (χ1n) is 8.44. The van der Waals surface area contributed by atoms with Gasteiger partial charge in [-0.15, -0.1) is 0 Å². The standard InChI is InChI=1S/C22H18N2O2/c1-14-6-8-16(9-7-14)21(25)23-18-10-11-20-19(13-18)24-22(26-20)17-5-3-4-15(2)12-17/h3-13H,1-2H3,(H,23,25). The highest BCUT2D eigenvalue weighted by molar-refractivity contribution is 6.05. The van der Waals surface area contributed by atoms with E-state index in [1.165, 1.54) is 0 Å². The van der Waals surface area contributed by atoms with Gasteiger partial charge in [0.1, 0.15) is 5.52 Å². The molecule has 1 N–H and O–H groups in total. The molecule has 0 aliphatic carbocycles. The molecule has 0 saturated carbocycles. The zero-order valence-corrected chi connectivity index (χ0v) is 14.6. The fraction of sp³-hybridized carbons (Fsp3) is 0.0909. The van der Waals surface area contributed by atoms with E-state index in [1.807, 2.05) is 80.6 Å². The summed E-state index contributed by atoms with van der Waals surface area (Å²) in [7, 11) is 0. The molecule has 1 heterocycles. The lowest BCUT2D eigenvalue weighted by Gasteiger charge is -2.05. The molecule has 1 amide bonds. The van der Waals surface area contributed by atoms with Crippen LogP contribution in [0.25, 0.3) is 22.6 Å². The van der Waals surface area contributed by atoms with Gasteiger partial charge in [0, 0.05) is 16.8 Å². The molecule has 0 aliphatic rings. The van der Waals surface area contributed by atoms with Crippen LogP contribution in [0.3, 0.4) is 0 Å². The van der Waals surface area contributed by atoms with E-state index >= 15 is 0 Å². The summed E-state index contributed by atoms with van der Waals surface area (Å²) in [5, 5.41) is 2.91. The maximum atomic E-state index is 12.4. The average Bonchev–Trinajstić information content (AvgIpc) is 3.05. The summed E-state index contributed by atoms with van der Waals surface area (Å²) in [6, 6.07) is 21.0. The van der Waals surface area contributed by atoms with Crippen molar-refractivity contribution in [2.24, 2.45) is 0 Å². The minimum Gasteiger partial charge on any atom is -0.436 e. The lowest BCUT2D eigenvalue weighted by molar-refractivity contribution is 0.102. The van der Waals surface area contributed by atoms with Gasteiger partial charge in [0.2, 0.25) is 5.89 Å². The Kier molecular flexibility index (Phi) is 4.01. The molecule has 4 rings (SSSR count). The molecule has 0 bridgehead atoms. The molecule has 4 aromatic rings. The van der Waals surface area contributed by atoms with Crippen molar-refractivity contribution in [3.05, 3.63) is 83.4 Å². The number of aromatic nitrogens is 1. The van der Waals surface area contributed by atoms with Crippen molar-refractivity contribution in [1.29, 1.82) is 0 Å². The zero-order valence-electron chi connectivity index (χ0n) is 14.6. The topological polar surface area (TPSA) is 55.1 Å². The molecular formula is C22H18N2O2. The number of hydrogen-bond donors (Lipinski definition) is 1. The van der Waals surface area contributed by atoms with Crippen LogP contribution in [-0.2, 0) is 0 Å². The molecule has 0 aliphatic heterocycles. The highest BCUT2D eigenvalue weighted by Gasteiger charge is 2.11. The van der Waals surface area contributed by atoms with Gasteiger partial charge in [-0.3, -0.25) is 4.79 Å². The van der Waals surface area contributed by atoms with E-state index in [2.05, 4.69) is 10.3 Å². The molecule has 128 valence electrons. The zero-order chi connectivity index (χ0) is 18.1. The SMILES string of the molecule is Cc1ccc(C(=O)Nc2ccc3oc(-c4cccc(C)c4)nc3c2)cc1. The van der Waals surface area contributed by atoms with Crippen molar-refractivity contribution in [2.75, 3.05) is 5.32 Å². The average molecular weight is 342 g/mol. The van der Waals surface area contributed by atoms with E-state index in [-0.39, 0.29) is 5.91 Å². The van der Waals surface area contributed by atoms with Crippen LogP contribution >= 0.6 is 0 Å². The van der Waals surface area contributed by atoms with E-state index in [1.54, 1.807) is 0 Å². The second kappa shape index (κ2) is 6.48. The number of aryl methyl sites for hydroxylation is 2. The number of carbonyl (C=O) groups excluding carboxylic acids is 1. The van der Waals surface area contributed by atoms with Crippen LogP contribution in [0.15, 0.2) is 71.1 Å². The highest BCUT2D eigenvalue weighted by atomic mass is 16.3. The molecule has 0 atom stereocenters. The Bertz CT molecular complexity index is 1090. The molecular weight excluding hydrogens is 324 g/mol. The van der Waals surface area contributed by atoms with Gasteiger partial charge in [-0.25, -0.2) is 4.98 Å². The number of anilines is 1. The van der Waals surface area contributed by atoms with Crippen LogP contribution in [0.2, 0.25) is 0 Å². The third-order valence-corrected chi connectivity index (χ3v) is 4.22. The van der Waals surface area contributed by atoms with E-state index in [0.717, 1.165) is 16.7 Å². The van der Waals surface area contributed by atoms with Gasteiger partial charge in [0.25, 0.3) is 5.91 Å². The van der Waals surface area contributed by atoms with Crippen LogP contribution in [0.1, 0.15) is 21.5 Å². The van der Waals surface area contributed by atoms with Crippen LogP contribution in [0.5, 0.6) is 0 Å². The summed E-state index contributed by atoms with van der Waals surface area (Å²) in [4.78, 5) is 16.9. The molecule has 4 nitrogen and oxygen atoms in total. The van der Waals surface area contributed by atoms with Crippen molar-refractivity contribution in [3.8, 4) is 11.5 Å². The van der Waals surface area contributed by atoms with Gasteiger partial charge in [-0.1, -0.05) is 35.4 Å². The van der Waals surface area contributed by atoms with E-state index < -0.39 is 0 Å². The second-order valence-corrected chi connectivity index (χ2v) is 6.39. The minimum atomic E-state index is -0.147. The summed E-state index contributed by atoms with van der Waals surface area (Å²) in [6.07, 6.45) is 0. The normalized spacial score (nSPS) is 10.8. The van der Waals surface area contributed by atoms with Crippen LogP contribution in [-0.4, -0.2) is 10.9 Å². The molecule has 0 radical (unpaired) electrons. The third kappa shape index (κ3) is 3.22. The Labute approximate surface area is 151 Å². The minimum absolute atomic E-state index is 0.147. The van der Waals surface area contributed by atoms with Crippen LogP contribution < -0.4 is 5.32 Å². The van der Waals surface area contributed by atoms with Crippen molar-refractivity contribution >= 4 is 22.7 Å². The first-order chi connectivity index (χ1) is 12.6. The number of oxazole rings is 1. The molecule has 1 aromatic heterocycles. The maximum absolute atomic E-state index is 12.4. The fourth-order valence-corrected chi connectivity index (χ4v) is 2.81. The van der Waals surface area contributed by atoms with Gasteiger partial charge in [-0.2, -0.15) is 0 Å². The Morgan fingerprint density at radius 2 is 1.73 bits per heavy atom. The predicted octanol–water partition coefficient (Wildman–Crippen LogP) is 5.36. The van der Waals surface area contributed by atoms with E-state index in [4.69, 9.17) is 4.42 Å². The predicted molar refractivity (Wildman–Crippen MR) is 103 cm³/mol. The van der Waals surface area contributed by atoms with Gasteiger partial charge in [0.05, 0.1) is 0 Å². The molecule has 0 spiro atoms. The number of nitrogens with zero attached hydrogens (tertiary/aromatic N) is 1. The third-order valence-electron chi connectivity index (χ3n) is 4.22. The number of amides is 1. The van der Waals surface area contributed by atoms with E-state index in [0.29, 0.717) is 28.2 Å². The smallest absolute Gasteiger partial charge is 0.255 e. The molecule has 0 saturated heterocycles. The molecule has 0 unspecified atom stereocenters. The number of carbonyl (C=O) groups is 1. The van der Waals surface area contributed by atoms with Crippen LogP contribution in [0, 0.1) is 13.8 Å². The fourth-order valence-electron chi connectivity index (χ4n) is 2.81. The highest BCUT2D eigenvalue weighted by Crippen LogP contribution is 2.26. The first-order valence-corrected chi connectivity index (χ1v) is 8.44. The Balaban J connectivity index is 1.61. The van der Waals surface area contributed by atoms with Crippen molar-refractivity contribution in [1.82, 2.24) is 4.98 Å². The summed E-state index contributed by atoms with van der Waals surface area (Å²) in [5.74, 6) is 0.428. The molecule has 0 fully saturated rings. The number of hydrogen-bond acceptors (Lipinski definition) is 3. The second-order valence-electron chi connectivity index (χ2n) is 6.39. The Hall–Kier alpha value is -3.40. The van der Waals surface area contributed by atoms with Crippen molar-refractivity contribution in [3.63, 3.8) is 0 Å². The molecule has 26 heavy (non-hydrogen) atoms. The van der Waals surface area contributed by atoms with Gasteiger partial charge >= 0.3 is 0 Å². The van der Waals surface area contributed by atoms with Crippen molar-refractivity contribution in [2.45, 2.75) is 13.8 Å². The Morgan fingerprint density at radius 3 is 2.50 bits per heavy atom. The summed E-state index contributed by atoms with van der Waals surface area (Å²) in [5.41, 5.74) is 5.91. The maximum Gasteiger partial charge on any atom is 0.255 e. The van der Waals surface area contributed by atoms with Crippen molar-refractivity contribution < 1.29 is 9.21 Å². The number of nitrogens with one attached hydrogen (secondary N) is 1. The van der Waals surface area contributed by atoms with Gasteiger partial charge in [0.15, 0.2) is 5.58 Å². The number of rotatable bonds is 3. The summed E-state index contributed by atoms with van der Waals surface area (Å²) < 4.78 is 5.84.